The van der Waals surface area contributed by atoms with Crippen LogP contribution in [0.3, 0.4) is 0 Å². The molecule has 2 atom stereocenters. The van der Waals surface area contributed by atoms with Crippen LogP contribution in [0, 0.1) is 17.3 Å². The third-order valence-corrected chi connectivity index (χ3v) is 7.18. The lowest BCUT2D eigenvalue weighted by Crippen LogP contribution is -2.62. The molecule has 2 aliphatic heterocycles. The van der Waals surface area contributed by atoms with Gasteiger partial charge in [-0.1, -0.05) is 34.6 Å². The highest BCUT2D eigenvalue weighted by atomic mass is 16.2. The Kier molecular flexibility index (Phi) is 8.01. The van der Waals surface area contributed by atoms with Crippen molar-refractivity contribution in [3.8, 4) is 0 Å². The first kappa shape index (κ1) is 24.7. The zero-order chi connectivity index (χ0) is 23.5. The topological polar surface area (TPSA) is 70.5 Å². The van der Waals surface area contributed by atoms with Crippen molar-refractivity contribution < 1.29 is 9.59 Å². The van der Waals surface area contributed by atoms with Crippen molar-refractivity contribution >= 4 is 11.8 Å². The maximum absolute atomic E-state index is 13.7. The van der Waals surface area contributed by atoms with Crippen LogP contribution in [0.25, 0.3) is 0 Å². The largest absolute Gasteiger partial charge is 0.341 e. The molecule has 7 nitrogen and oxygen atoms in total. The lowest BCUT2D eigenvalue weighted by atomic mass is 9.77. The minimum Gasteiger partial charge on any atom is -0.341 e. The van der Waals surface area contributed by atoms with Crippen molar-refractivity contribution in [1.29, 1.82) is 0 Å². The minimum absolute atomic E-state index is 0.0978. The van der Waals surface area contributed by atoms with E-state index in [2.05, 4.69) is 49.5 Å². The van der Waals surface area contributed by atoms with E-state index in [1.54, 1.807) is 0 Å². The predicted molar refractivity (Wildman–Crippen MR) is 127 cm³/mol. The summed E-state index contributed by atoms with van der Waals surface area (Å²) in [6.07, 6.45) is 8.24. The van der Waals surface area contributed by atoms with E-state index < -0.39 is 0 Å². The Morgan fingerprint density at radius 1 is 1.19 bits per heavy atom. The van der Waals surface area contributed by atoms with Gasteiger partial charge in [0.25, 0.3) is 0 Å². The highest BCUT2D eigenvalue weighted by Gasteiger charge is 2.40. The third kappa shape index (κ3) is 5.91. The summed E-state index contributed by atoms with van der Waals surface area (Å²) in [6.45, 7) is 13.7. The smallest absolute Gasteiger partial charge is 0.245 e. The molecule has 0 radical (unpaired) electrons. The highest BCUT2D eigenvalue weighted by molar-refractivity contribution is 5.90. The molecule has 0 saturated carbocycles. The quantitative estimate of drug-likeness (QED) is 0.668. The van der Waals surface area contributed by atoms with Gasteiger partial charge < -0.3 is 19.7 Å². The van der Waals surface area contributed by atoms with Crippen LogP contribution < -0.4 is 5.32 Å². The molecule has 1 aromatic heterocycles. The normalized spacial score (nSPS) is 22.6. The van der Waals surface area contributed by atoms with Crippen molar-refractivity contribution in [2.45, 2.75) is 78.8 Å². The van der Waals surface area contributed by atoms with Crippen LogP contribution in [-0.2, 0) is 23.1 Å². The molecule has 3 rings (SSSR count). The van der Waals surface area contributed by atoms with Gasteiger partial charge in [0.15, 0.2) is 0 Å². The Labute approximate surface area is 193 Å². The van der Waals surface area contributed by atoms with Crippen LogP contribution >= 0.6 is 0 Å². The highest BCUT2D eigenvalue weighted by Crippen LogP contribution is 2.35. The van der Waals surface area contributed by atoms with Crippen molar-refractivity contribution in [2.24, 2.45) is 24.3 Å². The molecule has 1 N–H and O–H groups in total. The Morgan fingerprint density at radius 2 is 1.88 bits per heavy atom. The molecule has 7 heteroatoms. The van der Waals surface area contributed by atoms with E-state index in [1.165, 1.54) is 0 Å². The zero-order valence-corrected chi connectivity index (χ0v) is 20.9. The molecule has 2 fully saturated rings. The predicted octanol–water partition coefficient (Wildman–Crippen LogP) is 2.85. The molecule has 3 heterocycles. The lowest BCUT2D eigenvalue weighted by molar-refractivity contribution is -0.151. The first-order chi connectivity index (χ1) is 15.1. The van der Waals surface area contributed by atoms with E-state index in [0.29, 0.717) is 18.4 Å². The molecule has 0 aliphatic carbocycles. The molecule has 1 unspecified atom stereocenters. The van der Waals surface area contributed by atoms with Crippen LogP contribution in [0.1, 0.15) is 66.1 Å². The molecule has 0 bridgehead atoms. The number of carbonyl (C=O) groups excluding carboxylic acids is 2. The SMILES string of the molecule is CC(C)CC(C(=O)N1CCC(C)(Cc2nccn2C)CC1)N1CCN[C@@H](CC(C)C)C1=O. The molecular weight excluding hydrogens is 402 g/mol. The summed E-state index contributed by atoms with van der Waals surface area (Å²) in [5.74, 6) is 2.13. The second kappa shape index (κ2) is 10.4. The maximum Gasteiger partial charge on any atom is 0.245 e. The first-order valence-corrected chi connectivity index (χ1v) is 12.4. The standard InChI is InChI=1S/C25H43N5O2/c1-18(2)15-20-23(31)30(14-10-26-20)21(16-19(3)4)24(32)29-11-7-25(5,8-12-29)17-22-27-9-13-28(22)6/h9,13,18-21,26H,7-8,10-12,14-17H2,1-6H3/t20-,21?/m0/s1. The molecule has 2 saturated heterocycles. The molecule has 2 aliphatic rings. The number of hydrogen-bond acceptors (Lipinski definition) is 4. The van der Waals surface area contributed by atoms with Crippen LogP contribution in [0.15, 0.2) is 12.4 Å². The van der Waals surface area contributed by atoms with Crippen LogP contribution in [0.4, 0.5) is 0 Å². The average Bonchev–Trinajstić information content (AvgIpc) is 3.11. The summed E-state index contributed by atoms with van der Waals surface area (Å²) >= 11 is 0. The minimum atomic E-state index is -0.349. The van der Waals surface area contributed by atoms with Crippen molar-refractivity contribution in [2.75, 3.05) is 26.2 Å². The van der Waals surface area contributed by atoms with Gasteiger partial charge in [-0.05, 0) is 42.9 Å². The molecule has 0 aromatic carbocycles. The van der Waals surface area contributed by atoms with Gasteiger partial charge in [-0.3, -0.25) is 9.59 Å². The van der Waals surface area contributed by atoms with Crippen molar-refractivity contribution in [3.63, 3.8) is 0 Å². The van der Waals surface area contributed by atoms with Crippen LogP contribution in [0.5, 0.6) is 0 Å². The molecule has 1 aromatic rings. The summed E-state index contributed by atoms with van der Waals surface area (Å²) in [5, 5.41) is 3.37. The second-order valence-electron chi connectivity index (χ2n) is 11.1. The van der Waals surface area contributed by atoms with Gasteiger partial charge in [-0.25, -0.2) is 4.98 Å². The van der Waals surface area contributed by atoms with Gasteiger partial charge in [-0.2, -0.15) is 0 Å². The number of imidazole rings is 1. The Bertz CT molecular complexity index is 779. The number of nitrogens with zero attached hydrogens (tertiary/aromatic N) is 4. The second-order valence-corrected chi connectivity index (χ2v) is 11.1. The number of aromatic nitrogens is 2. The lowest BCUT2D eigenvalue weighted by Gasteiger charge is -2.44. The van der Waals surface area contributed by atoms with E-state index in [0.717, 1.165) is 57.6 Å². The van der Waals surface area contributed by atoms with E-state index in [-0.39, 0.29) is 29.3 Å². The van der Waals surface area contributed by atoms with E-state index in [9.17, 15) is 9.59 Å². The molecule has 180 valence electrons. The average molecular weight is 446 g/mol. The number of amides is 2. The number of rotatable bonds is 8. The van der Waals surface area contributed by atoms with Gasteiger partial charge in [0.05, 0.1) is 6.04 Å². The number of carbonyl (C=O) groups is 2. The fraction of sp³-hybridized carbons (Fsp3) is 0.800. The Balaban J connectivity index is 1.67. The van der Waals surface area contributed by atoms with Gasteiger partial charge in [0.1, 0.15) is 11.9 Å². The van der Waals surface area contributed by atoms with Gasteiger partial charge >= 0.3 is 0 Å². The summed E-state index contributed by atoms with van der Waals surface area (Å²) in [7, 11) is 2.04. The molecule has 0 spiro atoms. The van der Waals surface area contributed by atoms with Crippen LogP contribution in [-0.4, -0.2) is 69.4 Å². The van der Waals surface area contributed by atoms with Crippen LogP contribution in [0.2, 0.25) is 0 Å². The molecule has 2 amide bonds. The number of piperidine rings is 1. The Hall–Kier alpha value is -1.89. The molecule has 32 heavy (non-hydrogen) atoms. The van der Waals surface area contributed by atoms with Gasteiger partial charge in [0.2, 0.25) is 11.8 Å². The summed E-state index contributed by atoms with van der Waals surface area (Å²) < 4.78 is 2.09. The zero-order valence-electron chi connectivity index (χ0n) is 20.9. The summed E-state index contributed by atoms with van der Waals surface area (Å²) in [6, 6.07) is -0.521. The third-order valence-electron chi connectivity index (χ3n) is 7.18. The fourth-order valence-electron chi connectivity index (χ4n) is 5.13. The summed E-state index contributed by atoms with van der Waals surface area (Å²) in [4.78, 5) is 35.3. The number of nitrogens with one attached hydrogen (secondary N) is 1. The summed E-state index contributed by atoms with van der Waals surface area (Å²) in [5.41, 5.74) is 0.149. The van der Waals surface area contributed by atoms with Crippen molar-refractivity contribution in [1.82, 2.24) is 24.7 Å². The Morgan fingerprint density at radius 3 is 2.44 bits per heavy atom. The fourth-order valence-corrected chi connectivity index (χ4v) is 5.13. The monoisotopic (exact) mass is 445 g/mol. The van der Waals surface area contributed by atoms with Gasteiger partial charge in [-0.15, -0.1) is 0 Å². The number of aryl methyl sites for hydroxylation is 1. The maximum atomic E-state index is 13.7. The number of hydrogen-bond donors (Lipinski definition) is 1. The van der Waals surface area contributed by atoms with Crippen molar-refractivity contribution in [3.05, 3.63) is 18.2 Å². The van der Waals surface area contributed by atoms with E-state index >= 15 is 0 Å². The number of piperazine rings is 1. The van der Waals surface area contributed by atoms with Gasteiger partial charge in [0, 0.05) is 52.0 Å². The van der Waals surface area contributed by atoms with E-state index in [1.807, 2.05) is 29.2 Å². The first-order valence-electron chi connectivity index (χ1n) is 12.4. The van der Waals surface area contributed by atoms with E-state index in [4.69, 9.17) is 0 Å². The molecular formula is C25H43N5O2. The number of likely N-dealkylation sites (tertiary alicyclic amines) is 1.